The highest BCUT2D eigenvalue weighted by atomic mass is 79.9. The molecule has 2 N–H and O–H groups in total. The Morgan fingerprint density at radius 2 is 2.07 bits per heavy atom. The van der Waals surface area contributed by atoms with E-state index in [1.165, 1.54) is 11.3 Å². The third-order valence-corrected chi connectivity index (χ3v) is 7.37. The van der Waals surface area contributed by atoms with E-state index in [1.54, 1.807) is 12.4 Å². The van der Waals surface area contributed by atoms with Crippen molar-refractivity contribution in [3.63, 3.8) is 0 Å². The molecule has 1 rings (SSSR count). The minimum Gasteiger partial charge on any atom is -0.318 e. The van der Waals surface area contributed by atoms with E-state index < -0.39 is 10.0 Å². The molecule has 0 unspecified atom stereocenters. The van der Waals surface area contributed by atoms with Crippen LogP contribution in [0, 0.1) is 0 Å². The zero-order valence-electron chi connectivity index (χ0n) is 7.88. The van der Waals surface area contributed by atoms with Gasteiger partial charge in [-0.25, -0.2) is 13.1 Å². The third-order valence-electron chi connectivity index (χ3n) is 1.57. The van der Waals surface area contributed by atoms with Crippen LogP contribution in [0.15, 0.2) is 18.5 Å². The van der Waals surface area contributed by atoms with E-state index in [2.05, 4.69) is 41.9 Å². The SMILES string of the molecule is CNCCNS(=O)(=O)c1scc(Br)c1Br. The monoisotopic (exact) mass is 376 g/mol. The summed E-state index contributed by atoms with van der Waals surface area (Å²) in [7, 11) is -1.62. The molecule has 8 heteroatoms. The smallest absolute Gasteiger partial charge is 0.251 e. The van der Waals surface area contributed by atoms with Crippen molar-refractivity contribution in [1.82, 2.24) is 10.0 Å². The van der Waals surface area contributed by atoms with Gasteiger partial charge in [0.05, 0.1) is 4.47 Å². The molecule has 0 saturated heterocycles. The highest BCUT2D eigenvalue weighted by Crippen LogP contribution is 2.35. The fourth-order valence-electron chi connectivity index (χ4n) is 0.863. The number of hydrogen-bond acceptors (Lipinski definition) is 4. The molecule has 0 radical (unpaired) electrons. The molecule has 0 fully saturated rings. The minimum absolute atomic E-state index is 0.297. The average Bonchev–Trinajstić information content (AvgIpc) is 2.48. The fraction of sp³-hybridized carbons (Fsp3) is 0.429. The largest absolute Gasteiger partial charge is 0.318 e. The van der Waals surface area contributed by atoms with Crippen LogP contribution in [0.1, 0.15) is 0 Å². The summed E-state index contributed by atoms with van der Waals surface area (Å²) in [6.45, 7) is 0.976. The highest BCUT2D eigenvalue weighted by molar-refractivity contribution is 9.13. The zero-order valence-corrected chi connectivity index (χ0v) is 12.7. The second-order valence-electron chi connectivity index (χ2n) is 2.69. The first-order valence-corrected chi connectivity index (χ1v) is 8.00. The first-order valence-electron chi connectivity index (χ1n) is 4.06. The molecule has 0 spiro atoms. The van der Waals surface area contributed by atoms with Gasteiger partial charge in [-0.1, -0.05) is 0 Å². The van der Waals surface area contributed by atoms with Crippen molar-refractivity contribution in [2.45, 2.75) is 4.21 Å². The molecule has 86 valence electrons. The zero-order chi connectivity index (χ0) is 11.5. The Morgan fingerprint density at radius 3 is 2.53 bits per heavy atom. The van der Waals surface area contributed by atoms with Crippen LogP contribution in [0.4, 0.5) is 0 Å². The van der Waals surface area contributed by atoms with Crippen LogP contribution in [-0.2, 0) is 10.0 Å². The van der Waals surface area contributed by atoms with Gasteiger partial charge >= 0.3 is 0 Å². The topological polar surface area (TPSA) is 58.2 Å². The molecular formula is C7H10Br2N2O2S2. The Kier molecular flexibility index (Phi) is 5.20. The lowest BCUT2D eigenvalue weighted by atomic mass is 10.7. The maximum atomic E-state index is 11.8. The van der Waals surface area contributed by atoms with Crippen LogP contribution < -0.4 is 10.0 Å². The van der Waals surface area contributed by atoms with Gasteiger partial charge in [0.25, 0.3) is 10.0 Å². The molecule has 4 nitrogen and oxygen atoms in total. The van der Waals surface area contributed by atoms with Crippen molar-refractivity contribution in [2.75, 3.05) is 20.1 Å². The number of hydrogen-bond donors (Lipinski definition) is 2. The van der Waals surface area contributed by atoms with E-state index in [-0.39, 0.29) is 0 Å². The van der Waals surface area contributed by atoms with E-state index in [0.717, 1.165) is 4.47 Å². The van der Waals surface area contributed by atoms with Crippen molar-refractivity contribution in [2.24, 2.45) is 0 Å². The molecule has 1 heterocycles. The summed E-state index contributed by atoms with van der Waals surface area (Å²) in [6.07, 6.45) is 0. The molecular weight excluding hydrogens is 368 g/mol. The van der Waals surface area contributed by atoms with Crippen LogP contribution in [0.3, 0.4) is 0 Å². The van der Waals surface area contributed by atoms with Gasteiger partial charge in [-0.15, -0.1) is 11.3 Å². The van der Waals surface area contributed by atoms with Gasteiger partial charge in [-0.3, -0.25) is 0 Å². The Bertz CT molecular complexity index is 430. The molecule has 0 amide bonds. The number of halogens is 2. The van der Waals surface area contributed by atoms with Crippen molar-refractivity contribution >= 4 is 53.2 Å². The summed E-state index contributed by atoms with van der Waals surface area (Å²) in [4.78, 5) is 0. The molecule has 0 aliphatic carbocycles. The number of likely N-dealkylation sites (N-methyl/N-ethyl adjacent to an activating group) is 1. The molecule has 0 aliphatic rings. The lowest BCUT2D eigenvalue weighted by Gasteiger charge is -2.04. The molecule has 0 aliphatic heterocycles. The van der Waals surface area contributed by atoms with Crippen molar-refractivity contribution in [3.8, 4) is 0 Å². The van der Waals surface area contributed by atoms with Crippen LogP contribution in [0.2, 0.25) is 0 Å². The molecule has 0 aromatic carbocycles. The summed E-state index contributed by atoms with van der Waals surface area (Å²) in [6, 6.07) is 0. The maximum absolute atomic E-state index is 11.8. The Labute approximate surface area is 110 Å². The molecule has 0 saturated carbocycles. The van der Waals surface area contributed by atoms with Crippen LogP contribution in [0.25, 0.3) is 0 Å². The number of rotatable bonds is 5. The summed E-state index contributed by atoms with van der Waals surface area (Å²) in [5, 5.41) is 4.60. The van der Waals surface area contributed by atoms with Crippen LogP contribution >= 0.6 is 43.2 Å². The van der Waals surface area contributed by atoms with Gasteiger partial charge in [-0.05, 0) is 38.9 Å². The van der Waals surface area contributed by atoms with Gasteiger partial charge in [0.1, 0.15) is 4.21 Å². The lowest BCUT2D eigenvalue weighted by molar-refractivity contribution is 0.581. The second kappa shape index (κ2) is 5.74. The third kappa shape index (κ3) is 3.50. The van der Waals surface area contributed by atoms with Gasteiger partial charge in [0.2, 0.25) is 0 Å². The number of sulfonamides is 1. The van der Waals surface area contributed by atoms with Gasteiger partial charge < -0.3 is 5.32 Å². The van der Waals surface area contributed by atoms with E-state index in [4.69, 9.17) is 0 Å². The summed E-state index contributed by atoms with van der Waals surface area (Å²) in [5.41, 5.74) is 0. The minimum atomic E-state index is -3.39. The van der Waals surface area contributed by atoms with Crippen molar-refractivity contribution in [3.05, 3.63) is 14.3 Å². The Balaban J connectivity index is 2.82. The predicted molar refractivity (Wildman–Crippen MR) is 68.8 cm³/mol. The number of nitrogens with one attached hydrogen (secondary N) is 2. The van der Waals surface area contributed by atoms with Crippen molar-refractivity contribution < 1.29 is 8.42 Å². The Hall–Kier alpha value is 0.530. The van der Waals surface area contributed by atoms with Crippen LogP contribution in [0.5, 0.6) is 0 Å². The predicted octanol–water partition coefficient (Wildman–Crippen LogP) is 1.77. The molecule has 15 heavy (non-hydrogen) atoms. The standard InChI is InChI=1S/C7H10Br2N2O2S2/c1-10-2-3-11-15(12,13)7-6(9)5(8)4-14-7/h4,10-11H,2-3H2,1H3. The average molecular weight is 378 g/mol. The molecule has 0 bridgehead atoms. The number of thiophene rings is 1. The molecule has 0 atom stereocenters. The van der Waals surface area contributed by atoms with Crippen molar-refractivity contribution in [1.29, 1.82) is 0 Å². The summed E-state index contributed by atoms with van der Waals surface area (Å²) >= 11 is 7.65. The van der Waals surface area contributed by atoms with E-state index in [9.17, 15) is 8.42 Å². The molecule has 1 aromatic heterocycles. The highest BCUT2D eigenvalue weighted by Gasteiger charge is 2.20. The van der Waals surface area contributed by atoms with E-state index >= 15 is 0 Å². The second-order valence-corrected chi connectivity index (χ2v) is 7.18. The maximum Gasteiger partial charge on any atom is 0.251 e. The first kappa shape index (κ1) is 13.6. The van der Waals surface area contributed by atoms with Gasteiger partial charge in [0, 0.05) is 22.9 Å². The quantitative estimate of drug-likeness (QED) is 0.769. The van der Waals surface area contributed by atoms with Gasteiger partial charge in [-0.2, -0.15) is 0 Å². The first-order chi connectivity index (χ1) is 6.99. The normalized spacial score (nSPS) is 11.9. The lowest BCUT2D eigenvalue weighted by Crippen LogP contribution is -2.30. The van der Waals surface area contributed by atoms with E-state index in [0.29, 0.717) is 21.8 Å². The van der Waals surface area contributed by atoms with Gasteiger partial charge in [0.15, 0.2) is 0 Å². The molecule has 1 aromatic rings. The van der Waals surface area contributed by atoms with Crippen LogP contribution in [-0.4, -0.2) is 28.6 Å². The fourth-order valence-corrected chi connectivity index (χ4v) is 5.01. The summed E-state index contributed by atoms with van der Waals surface area (Å²) < 4.78 is 27.6. The van der Waals surface area contributed by atoms with E-state index in [1.807, 2.05) is 0 Å². The Morgan fingerprint density at radius 1 is 1.40 bits per heavy atom. The summed E-state index contributed by atoms with van der Waals surface area (Å²) in [5.74, 6) is 0.